The molecule has 1 N–H and O–H groups in total. The summed E-state index contributed by atoms with van der Waals surface area (Å²) in [5.41, 5.74) is 2.35. The lowest BCUT2D eigenvalue weighted by atomic mass is 10.1. The van der Waals surface area contributed by atoms with Gasteiger partial charge in [-0.1, -0.05) is 41.4 Å². The van der Waals surface area contributed by atoms with Gasteiger partial charge in [-0.2, -0.15) is 0 Å². The fraction of sp³-hybridized carbons (Fsp3) is 0.278. The minimum Gasteiger partial charge on any atom is -0.495 e. The number of benzene rings is 2. The van der Waals surface area contributed by atoms with E-state index < -0.39 is 15.9 Å². The highest BCUT2D eigenvalue weighted by molar-refractivity contribution is 7.92. The van der Waals surface area contributed by atoms with Crippen molar-refractivity contribution in [2.75, 3.05) is 24.2 Å². The van der Waals surface area contributed by atoms with Crippen LogP contribution in [0.1, 0.15) is 11.1 Å². The second kappa shape index (κ2) is 8.42. The molecule has 0 aromatic heterocycles. The van der Waals surface area contributed by atoms with E-state index in [1.807, 2.05) is 31.2 Å². The van der Waals surface area contributed by atoms with Crippen molar-refractivity contribution in [3.8, 4) is 5.75 Å². The Kier molecular flexibility index (Phi) is 6.50. The Morgan fingerprint density at radius 2 is 1.85 bits per heavy atom. The molecule has 0 radical (unpaired) electrons. The van der Waals surface area contributed by atoms with Crippen LogP contribution in [0.25, 0.3) is 0 Å². The van der Waals surface area contributed by atoms with Gasteiger partial charge in [0.25, 0.3) is 0 Å². The number of anilines is 1. The third kappa shape index (κ3) is 5.37. The standard InChI is InChI=1S/C18H21ClN2O4S/c1-13-4-6-14(7-5-13)11-20-18(22)12-21(26(3,23)24)15-8-9-17(25-2)16(19)10-15/h4-10H,11-12H2,1-3H3,(H,20,22). The Labute approximate surface area is 158 Å². The van der Waals surface area contributed by atoms with Gasteiger partial charge in [0, 0.05) is 6.54 Å². The Morgan fingerprint density at radius 3 is 2.38 bits per heavy atom. The van der Waals surface area contributed by atoms with Gasteiger partial charge in [0.2, 0.25) is 15.9 Å². The third-order valence-electron chi connectivity index (χ3n) is 3.72. The lowest BCUT2D eigenvalue weighted by Crippen LogP contribution is -2.40. The molecule has 0 aliphatic carbocycles. The maximum Gasteiger partial charge on any atom is 0.241 e. The fourth-order valence-electron chi connectivity index (χ4n) is 2.30. The number of aryl methyl sites for hydroxylation is 1. The van der Waals surface area contributed by atoms with Crippen LogP contribution in [0.5, 0.6) is 5.75 Å². The van der Waals surface area contributed by atoms with Crippen LogP contribution in [-0.4, -0.2) is 34.2 Å². The first-order chi connectivity index (χ1) is 12.2. The zero-order valence-corrected chi connectivity index (χ0v) is 16.4. The number of ether oxygens (including phenoxy) is 1. The van der Waals surface area contributed by atoms with Gasteiger partial charge >= 0.3 is 0 Å². The number of hydrogen-bond acceptors (Lipinski definition) is 4. The second-order valence-corrected chi connectivity index (χ2v) is 8.16. The number of hydrogen-bond donors (Lipinski definition) is 1. The number of amides is 1. The Bertz CT molecular complexity index is 883. The lowest BCUT2D eigenvalue weighted by Gasteiger charge is -2.22. The van der Waals surface area contributed by atoms with E-state index in [-0.39, 0.29) is 11.6 Å². The minimum atomic E-state index is -3.66. The summed E-state index contributed by atoms with van der Waals surface area (Å²) in [5, 5.41) is 2.99. The van der Waals surface area contributed by atoms with E-state index in [0.717, 1.165) is 21.7 Å². The maximum atomic E-state index is 12.2. The van der Waals surface area contributed by atoms with E-state index in [1.54, 1.807) is 12.1 Å². The summed E-state index contributed by atoms with van der Waals surface area (Å²) in [4.78, 5) is 12.2. The molecule has 8 heteroatoms. The highest BCUT2D eigenvalue weighted by Crippen LogP contribution is 2.30. The molecule has 0 heterocycles. The third-order valence-corrected chi connectivity index (χ3v) is 5.16. The Hall–Kier alpha value is -2.25. The van der Waals surface area contributed by atoms with Crippen LogP contribution in [0.2, 0.25) is 5.02 Å². The summed E-state index contributed by atoms with van der Waals surface area (Å²) in [5.74, 6) is 0.00984. The van der Waals surface area contributed by atoms with Crippen molar-refractivity contribution in [3.05, 3.63) is 58.6 Å². The molecule has 0 aliphatic heterocycles. The van der Waals surface area contributed by atoms with Crippen molar-refractivity contribution in [1.29, 1.82) is 0 Å². The molecule has 0 bridgehead atoms. The van der Waals surface area contributed by atoms with Crippen molar-refractivity contribution in [1.82, 2.24) is 5.32 Å². The van der Waals surface area contributed by atoms with Gasteiger partial charge in [-0.3, -0.25) is 9.10 Å². The van der Waals surface area contributed by atoms with E-state index in [1.165, 1.54) is 13.2 Å². The van der Waals surface area contributed by atoms with Gasteiger partial charge in [-0.15, -0.1) is 0 Å². The summed E-state index contributed by atoms with van der Waals surface area (Å²) in [6.45, 7) is 1.96. The first-order valence-electron chi connectivity index (χ1n) is 7.84. The quantitative estimate of drug-likeness (QED) is 0.780. The van der Waals surface area contributed by atoms with E-state index in [4.69, 9.17) is 16.3 Å². The van der Waals surface area contributed by atoms with Gasteiger partial charge in [0.05, 0.1) is 24.1 Å². The molecule has 0 saturated carbocycles. The van der Waals surface area contributed by atoms with Crippen molar-refractivity contribution in [3.63, 3.8) is 0 Å². The van der Waals surface area contributed by atoms with Gasteiger partial charge in [0.1, 0.15) is 12.3 Å². The van der Waals surface area contributed by atoms with Crippen LogP contribution in [-0.2, 0) is 21.4 Å². The van der Waals surface area contributed by atoms with Crippen LogP contribution in [0.15, 0.2) is 42.5 Å². The van der Waals surface area contributed by atoms with Crippen molar-refractivity contribution in [2.24, 2.45) is 0 Å². The molecule has 0 unspecified atom stereocenters. The summed E-state index contributed by atoms with van der Waals surface area (Å²) in [6.07, 6.45) is 1.04. The minimum absolute atomic E-state index is 0.263. The van der Waals surface area contributed by atoms with Crippen LogP contribution in [0.3, 0.4) is 0 Å². The topological polar surface area (TPSA) is 75.7 Å². The predicted molar refractivity (Wildman–Crippen MR) is 103 cm³/mol. The van der Waals surface area contributed by atoms with Gasteiger partial charge in [-0.05, 0) is 30.7 Å². The van der Waals surface area contributed by atoms with Gasteiger partial charge < -0.3 is 10.1 Å². The predicted octanol–water partition coefficient (Wildman–Crippen LogP) is 2.74. The van der Waals surface area contributed by atoms with Crippen molar-refractivity contribution < 1.29 is 17.9 Å². The molecule has 26 heavy (non-hydrogen) atoms. The van der Waals surface area contributed by atoms with Crippen molar-refractivity contribution in [2.45, 2.75) is 13.5 Å². The number of sulfonamides is 1. The number of rotatable bonds is 7. The number of methoxy groups -OCH3 is 1. The van der Waals surface area contributed by atoms with E-state index >= 15 is 0 Å². The summed E-state index contributed by atoms with van der Waals surface area (Å²) >= 11 is 6.07. The molecule has 2 rings (SSSR count). The smallest absolute Gasteiger partial charge is 0.241 e. The molecule has 140 valence electrons. The number of carbonyl (C=O) groups excluding carboxylic acids is 1. The molecule has 0 atom stereocenters. The number of nitrogens with one attached hydrogen (secondary N) is 1. The van der Waals surface area contributed by atoms with Crippen LogP contribution >= 0.6 is 11.6 Å². The van der Waals surface area contributed by atoms with Crippen LogP contribution < -0.4 is 14.4 Å². The van der Waals surface area contributed by atoms with Crippen molar-refractivity contribution >= 4 is 33.2 Å². The fourth-order valence-corrected chi connectivity index (χ4v) is 3.40. The van der Waals surface area contributed by atoms with E-state index in [2.05, 4.69) is 5.32 Å². The first-order valence-corrected chi connectivity index (χ1v) is 10.1. The largest absolute Gasteiger partial charge is 0.495 e. The number of halogens is 1. The van der Waals surface area contributed by atoms with E-state index in [0.29, 0.717) is 18.0 Å². The highest BCUT2D eigenvalue weighted by Gasteiger charge is 2.21. The number of carbonyl (C=O) groups is 1. The second-order valence-electron chi connectivity index (χ2n) is 5.85. The van der Waals surface area contributed by atoms with Gasteiger partial charge in [-0.25, -0.2) is 8.42 Å². The molecule has 0 saturated heterocycles. The zero-order chi connectivity index (χ0) is 19.3. The molecule has 1 amide bonds. The number of nitrogens with zero attached hydrogens (tertiary/aromatic N) is 1. The lowest BCUT2D eigenvalue weighted by molar-refractivity contribution is -0.119. The van der Waals surface area contributed by atoms with E-state index in [9.17, 15) is 13.2 Å². The SMILES string of the molecule is COc1ccc(N(CC(=O)NCc2ccc(C)cc2)S(C)(=O)=O)cc1Cl. The molecule has 2 aromatic carbocycles. The molecular formula is C18H21ClN2O4S. The van der Waals surface area contributed by atoms with Crippen LogP contribution in [0, 0.1) is 6.92 Å². The van der Waals surface area contributed by atoms with Gasteiger partial charge in [0.15, 0.2) is 0 Å². The maximum absolute atomic E-state index is 12.2. The first kappa shape index (κ1) is 20.1. The Morgan fingerprint density at radius 1 is 1.19 bits per heavy atom. The molecule has 0 aliphatic rings. The molecule has 6 nitrogen and oxygen atoms in total. The van der Waals surface area contributed by atoms with Crippen LogP contribution in [0.4, 0.5) is 5.69 Å². The monoisotopic (exact) mass is 396 g/mol. The molecular weight excluding hydrogens is 376 g/mol. The highest BCUT2D eigenvalue weighted by atomic mass is 35.5. The zero-order valence-electron chi connectivity index (χ0n) is 14.8. The average molecular weight is 397 g/mol. The molecule has 0 fully saturated rings. The summed E-state index contributed by atoms with van der Waals surface area (Å²) in [7, 11) is -2.20. The summed E-state index contributed by atoms with van der Waals surface area (Å²) < 4.78 is 30.3. The average Bonchev–Trinajstić information content (AvgIpc) is 2.58. The normalized spacial score (nSPS) is 11.1. The molecule has 2 aromatic rings. The molecule has 0 spiro atoms. The Balaban J connectivity index is 2.11. The summed E-state index contributed by atoms with van der Waals surface area (Å²) in [6, 6.07) is 12.3.